The predicted octanol–water partition coefficient (Wildman–Crippen LogP) is 4.99. The summed E-state index contributed by atoms with van der Waals surface area (Å²) in [6, 6.07) is 10.8. The molecular weight excluding hydrogens is 336 g/mol. The largest absolute Gasteiger partial charge is 0.306 e. The van der Waals surface area contributed by atoms with E-state index in [0.717, 1.165) is 18.5 Å². The van der Waals surface area contributed by atoms with Crippen molar-refractivity contribution in [1.29, 1.82) is 0 Å². The zero-order chi connectivity index (χ0) is 15.4. The van der Waals surface area contributed by atoms with Crippen molar-refractivity contribution in [2.75, 3.05) is 6.54 Å². The average Bonchev–Trinajstić information content (AvgIpc) is 2.51. The fraction of sp³-hybridized carbons (Fsp3) is 0.294. The van der Waals surface area contributed by atoms with E-state index < -0.39 is 11.6 Å². The summed E-state index contributed by atoms with van der Waals surface area (Å²) in [5, 5.41) is 3.33. The lowest BCUT2D eigenvalue weighted by Gasteiger charge is -2.21. The number of aryl methyl sites for hydroxylation is 1. The molecule has 2 rings (SSSR count). The fourth-order valence-corrected chi connectivity index (χ4v) is 2.92. The van der Waals surface area contributed by atoms with E-state index in [9.17, 15) is 8.78 Å². The van der Waals surface area contributed by atoms with Crippen molar-refractivity contribution in [2.24, 2.45) is 0 Å². The van der Waals surface area contributed by atoms with E-state index in [1.165, 1.54) is 11.6 Å². The molecule has 0 bridgehead atoms. The topological polar surface area (TPSA) is 12.0 Å². The van der Waals surface area contributed by atoms with Crippen LogP contribution in [0.5, 0.6) is 0 Å². The van der Waals surface area contributed by atoms with Crippen LogP contribution in [0.3, 0.4) is 0 Å². The molecule has 0 aliphatic rings. The van der Waals surface area contributed by atoms with Gasteiger partial charge in [0.2, 0.25) is 0 Å². The van der Waals surface area contributed by atoms with Gasteiger partial charge < -0.3 is 5.32 Å². The van der Waals surface area contributed by atoms with Gasteiger partial charge in [-0.15, -0.1) is 0 Å². The Labute approximate surface area is 132 Å². The number of benzene rings is 2. The zero-order valence-electron chi connectivity index (χ0n) is 12.1. The lowest BCUT2D eigenvalue weighted by Crippen LogP contribution is -2.23. The highest BCUT2D eigenvalue weighted by molar-refractivity contribution is 9.10. The molecule has 2 aromatic carbocycles. The average molecular weight is 354 g/mol. The maximum atomic E-state index is 13.8. The lowest BCUT2D eigenvalue weighted by atomic mass is 9.96. The second kappa shape index (κ2) is 7.14. The van der Waals surface area contributed by atoms with Gasteiger partial charge in [0.25, 0.3) is 0 Å². The van der Waals surface area contributed by atoms with Gasteiger partial charge in [0.1, 0.15) is 0 Å². The van der Waals surface area contributed by atoms with Gasteiger partial charge in [-0.25, -0.2) is 8.78 Å². The summed E-state index contributed by atoms with van der Waals surface area (Å²) in [5.41, 5.74) is 2.96. The molecule has 1 nitrogen and oxygen atoms in total. The molecule has 0 aliphatic heterocycles. The van der Waals surface area contributed by atoms with Crippen molar-refractivity contribution < 1.29 is 8.78 Å². The van der Waals surface area contributed by atoms with E-state index in [1.807, 2.05) is 19.1 Å². The van der Waals surface area contributed by atoms with Crippen LogP contribution in [-0.2, 0) is 6.42 Å². The number of halogens is 3. The summed E-state index contributed by atoms with van der Waals surface area (Å²) >= 11 is 3.18. The molecular formula is C17H18BrF2N. The van der Waals surface area contributed by atoms with Crippen LogP contribution in [0, 0.1) is 11.6 Å². The molecule has 1 N–H and O–H groups in total. The number of rotatable bonds is 5. The Bertz CT molecular complexity index is 628. The molecule has 0 amide bonds. The van der Waals surface area contributed by atoms with Gasteiger partial charge >= 0.3 is 0 Å². The molecule has 0 aromatic heterocycles. The predicted molar refractivity (Wildman–Crippen MR) is 85.4 cm³/mol. The molecule has 1 unspecified atom stereocenters. The standard InChI is InChI=1S/C17H18BrF2N/c1-3-11-6-5-7-12(10-11)17(21-4-2)13-8-9-14(19)16(20)15(13)18/h5-10,17,21H,3-4H2,1-2H3. The van der Waals surface area contributed by atoms with Crippen LogP contribution >= 0.6 is 15.9 Å². The van der Waals surface area contributed by atoms with Gasteiger partial charge in [-0.3, -0.25) is 0 Å². The molecule has 0 saturated carbocycles. The van der Waals surface area contributed by atoms with Crippen molar-refractivity contribution >= 4 is 15.9 Å². The Morgan fingerprint density at radius 1 is 1.14 bits per heavy atom. The van der Waals surface area contributed by atoms with Crippen LogP contribution in [-0.4, -0.2) is 6.54 Å². The molecule has 2 aromatic rings. The summed E-state index contributed by atoms with van der Waals surface area (Å²) < 4.78 is 27.3. The second-order valence-electron chi connectivity index (χ2n) is 4.85. The molecule has 21 heavy (non-hydrogen) atoms. The minimum absolute atomic E-state index is 0.175. The molecule has 0 saturated heterocycles. The summed E-state index contributed by atoms with van der Waals surface area (Å²) in [5.74, 6) is -1.69. The Morgan fingerprint density at radius 3 is 2.57 bits per heavy atom. The maximum Gasteiger partial charge on any atom is 0.173 e. The Hall–Kier alpha value is -1.26. The van der Waals surface area contributed by atoms with Crippen molar-refractivity contribution in [2.45, 2.75) is 26.3 Å². The molecule has 0 radical (unpaired) electrons. The lowest BCUT2D eigenvalue weighted by molar-refractivity contribution is 0.498. The van der Waals surface area contributed by atoms with Crippen LogP contribution in [0.2, 0.25) is 0 Å². The minimum atomic E-state index is -0.845. The van der Waals surface area contributed by atoms with E-state index in [-0.39, 0.29) is 10.5 Å². The number of hydrogen-bond donors (Lipinski definition) is 1. The zero-order valence-corrected chi connectivity index (χ0v) is 13.7. The molecule has 0 heterocycles. The first-order chi connectivity index (χ1) is 10.1. The molecule has 1 atom stereocenters. The van der Waals surface area contributed by atoms with Crippen LogP contribution in [0.1, 0.15) is 36.6 Å². The monoisotopic (exact) mass is 353 g/mol. The summed E-state index contributed by atoms with van der Waals surface area (Å²) in [4.78, 5) is 0. The van der Waals surface area contributed by atoms with E-state index in [2.05, 4.69) is 40.3 Å². The van der Waals surface area contributed by atoms with Crippen molar-refractivity contribution in [3.05, 3.63) is 69.2 Å². The highest BCUT2D eigenvalue weighted by atomic mass is 79.9. The fourth-order valence-electron chi connectivity index (χ4n) is 2.37. The van der Waals surface area contributed by atoms with E-state index in [1.54, 1.807) is 6.07 Å². The third-order valence-corrected chi connectivity index (χ3v) is 4.28. The summed E-state index contributed by atoms with van der Waals surface area (Å²) in [6.07, 6.45) is 0.936. The van der Waals surface area contributed by atoms with Gasteiger partial charge in [-0.2, -0.15) is 0 Å². The van der Waals surface area contributed by atoms with Crippen molar-refractivity contribution in [1.82, 2.24) is 5.32 Å². The second-order valence-corrected chi connectivity index (χ2v) is 5.65. The van der Waals surface area contributed by atoms with E-state index in [4.69, 9.17) is 0 Å². The highest BCUT2D eigenvalue weighted by Crippen LogP contribution is 2.32. The number of hydrogen-bond acceptors (Lipinski definition) is 1. The van der Waals surface area contributed by atoms with Gasteiger partial charge in [-0.1, -0.05) is 44.2 Å². The molecule has 4 heteroatoms. The molecule has 0 spiro atoms. The first-order valence-electron chi connectivity index (χ1n) is 7.04. The van der Waals surface area contributed by atoms with Crippen molar-refractivity contribution in [3.8, 4) is 0 Å². The maximum absolute atomic E-state index is 13.8. The van der Waals surface area contributed by atoms with Gasteiger partial charge in [0.15, 0.2) is 11.6 Å². The SMILES string of the molecule is CCNC(c1cccc(CC)c1)c1ccc(F)c(F)c1Br. The third kappa shape index (κ3) is 3.50. The van der Waals surface area contributed by atoms with E-state index >= 15 is 0 Å². The normalized spacial score (nSPS) is 12.4. The highest BCUT2D eigenvalue weighted by Gasteiger charge is 2.20. The Morgan fingerprint density at radius 2 is 1.90 bits per heavy atom. The Kier molecular flexibility index (Phi) is 5.48. The minimum Gasteiger partial charge on any atom is -0.306 e. The smallest absolute Gasteiger partial charge is 0.173 e. The van der Waals surface area contributed by atoms with Crippen LogP contribution < -0.4 is 5.32 Å². The van der Waals surface area contributed by atoms with Crippen molar-refractivity contribution in [3.63, 3.8) is 0 Å². The van der Waals surface area contributed by atoms with Crippen LogP contribution in [0.4, 0.5) is 8.78 Å². The summed E-state index contributed by atoms with van der Waals surface area (Å²) in [7, 11) is 0. The molecule has 0 fully saturated rings. The number of nitrogens with one attached hydrogen (secondary N) is 1. The van der Waals surface area contributed by atoms with Crippen LogP contribution in [0.25, 0.3) is 0 Å². The summed E-state index contributed by atoms with van der Waals surface area (Å²) in [6.45, 7) is 4.81. The molecule has 0 aliphatic carbocycles. The van der Waals surface area contributed by atoms with E-state index in [0.29, 0.717) is 5.56 Å². The van der Waals surface area contributed by atoms with Gasteiger partial charge in [0, 0.05) is 0 Å². The third-order valence-electron chi connectivity index (χ3n) is 3.48. The van der Waals surface area contributed by atoms with Crippen LogP contribution in [0.15, 0.2) is 40.9 Å². The molecule has 112 valence electrons. The first kappa shape index (κ1) is 16.1. The van der Waals surface area contributed by atoms with Gasteiger partial charge in [0.05, 0.1) is 10.5 Å². The quantitative estimate of drug-likeness (QED) is 0.746. The Balaban J connectivity index is 2.50. The first-order valence-corrected chi connectivity index (χ1v) is 7.83. The van der Waals surface area contributed by atoms with Gasteiger partial charge in [-0.05, 0) is 51.7 Å².